The number of nitrogens with one attached hydrogen (secondary N) is 5. The number of ether oxygens (including phenoxy) is 4. The van der Waals surface area contributed by atoms with E-state index in [1.54, 1.807) is 36.4 Å². The molecule has 0 aliphatic heterocycles. The number of halogens is 1. The van der Waals surface area contributed by atoms with Crippen molar-refractivity contribution in [3.05, 3.63) is 89.3 Å². The second kappa shape index (κ2) is 27.8. The third-order valence-corrected chi connectivity index (χ3v) is 7.46. The number of hydrogen-bond donors (Lipinski definition) is 5. The van der Waals surface area contributed by atoms with E-state index in [1.165, 1.54) is 12.1 Å². The summed E-state index contributed by atoms with van der Waals surface area (Å²) in [6.45, 7) is 8.53. The van der Waals surface area contributed by atoms with E-state index in [4.69, 9.17) is 18.9 Å². The van der Waals surface area contributed by atoms with Crippen LogP contribution < -0.4 is 26.6 Å². The molecule has 1 aliphatic carbocycles. The maximum absolute atomic E-state index is 13.3. The molecule has 1 heterocycles. The number of hydrogen-bond acceptors (Lipinski definition) is 13. The molecule has 1 aromatic heterocycles. The van der Waals surface area contributed by atoms with E-state index in [0.717, 1.165) is 49.8 Å². The SMILES string of the molecule is CCCOCCOCCNC(=O)c1ccc(Nc2nc(NCCOCCOCCNC)nc(NCCc3ccc(F)cc3)n2)cc1.O=CC1=CCCC=C1. The lowest BCUT2D eigenvalue weighted by Gasteiger charge is -2.12. The van der Waals surface area contributed by atoms with Crippen molar-refractivity contribution >= 4 is 35.7 Å². The van der Waals surface area contributed by atoms with Crippen LogP contribution in [0, 0.1) is 5.82 Å². The standard InChI is InChI=1S/C32H47FN8O5.C7H8O/c1-3-17-43-21-22-45-19-15-35-29(42)26-6-10-28(11-7-26)38-32-40-30(36-13-12-25-4-8-27(33)9-5-25)39-31(41-32)37-16-20-46-24-23-44-18-14-34-2;8-6-7-4-2-1-3-5-7/h4-11,34H,3,12-24H2,1-2H3,(H,35,42)(H3,36,37,38,39,40,41);2,4-6H,1,3H2. The molecule has 0 saturated carbocycles. The Kier molecular flexibility index (Phi) is 22.4. The van der Waals surface area contributed by atoms with E-state index < -0.39 is 0 Å². The number of carbonyl (C=O) groups excluding carboxylic acids is 2. The molecular formula is C39H55FN8O6. The fraction of sp³-hybridized carbons (Fsp3) is 0.462. The van der Waals surface area contributed by atoms with Gasteiger partial charge in [-0.15, -0.1) is 0 Å². The summed E-state index contributed by atoms with van der Waals surface area (Å²) in [5, 5.41) is 15.4. The van der Waals surface area contributed by atoms with Crippen molar-refractivity contribution in [3.8, 4) is 0 Å². The molecule has 1 amide bonds. The lowest BCUT2D eigenvalue weighted by atomic mass is 10.1. The number of likely N-dealkylation sites (N-methyl/N-ethyl adjacent to an activating group) is 1. The Morgan fingerprint density at radius 3 is 1.94 bits per heavy atom. The van der Waals surface area contributed by atoms with Crippen LogP contribution in [-0.4, -0.2) is 113 Å². The molecule has 1 aliphatic rings. The largest absolute Gasteiger partial charge is 0.379 e. The minimum Gasteiger partial charge on any atom is -0.379 e. The molecule has 0 fully saturated rings. The molecule has 5 N–H and O–H groups in total. The summed E-state index contributed by atoms with van der Waals surface area (Å²) >= 11 is 0. The molecule has 0 radical (unpaired) electrons. The van der Waals surface area contributed by atoms with Gasteiger partial charge in [-0.05, 0) is 74.7 Å². The molecule has 14 nitrogen and oxygen atoms in total. The van der Waals surface area contributed by atoms with Crippen molar-refractivity contribution in [2.24, 2.45) is 0 Å². The fourth-order valence-electron chi connectivity index (χ4n) is 4.65. The minimum absolute atomic E-state index is 0.191. The molecule has 54 heavy (non-hydrogen) atoms. The van der Waals surface area contributed by atoms with Crippen LogP contribution in [0.5, 0.6) is 0 Å². The number of aromatic nitrogens is 3. The zero-order chi connectivity index (χ0) is 38.5. The average molecular weight is 751 g/mol. The number of anilines is 4. The summed E-state index contributed by atoms with van der Waals surface area (Å²) < 4.78 is 35.2. The highest BCUT2D eigenvalue weighted by molar-refractivity contribution is 5.94. The van der Waals surface area contributed by atoms with Gasteiger partial charge in [0, 0.05) is 49.6 Å². The van der Waals surface area contributed by atoms with Gasteiger partial charge in [-0.2, -0.15) is 15.0 Å². The molecule has 15 heteroatoms. The topological polar surface area (TPSA) is 170 Å². The van der Waals surface area contributed by atoms with Crippen LogP contribution in [0.2, 0.25) is 0 Å². The second-order valence-electron chi connectivity index (χ2n) is 11.8. The Morgan fingerprint density at radius 1 is 0.741 bits per heavy atom. The Balaban J connectivity index is 0.000000864. The van der Waals surface area contributed by atoms with Gasteiger partial charge in [0.1, 0.15) is 12.1 Å². The molecule has 4 rings (SSSR count). The fourth-order valence-corrected chi connectivity index (χ4v) is 4.65. The predicted octanol–water partition coefficient (Wildman–Crippen LogP) is 4.71. The number of benzene rings is 2. The Hall–Kier alpha value is -4.80. The molecule has 0 unspecified atom stereocenters. The first-order chi connectivity index (χ1) is 26.5. The van der Waals surface area contributed by atoms with Crippen LogP contribution in [0.1, 0.15) is 42.1 Å². The number of allylic oxidation sites excluding steroid dienone is 4. The van der Waals surface area contributed by atoms with E-state index in [1.807, 2.05) is 25.3 Å². The van der Waals surface area contributed by atoms with Gasteiger partial charge >= 0.3 is 0 Å². The van der Waals surface area contributed by atoms with E-state index >= 15 is 0 Å². The van der Waals surface area contributed by atoms with Gasteiger partial charge in [-0.25, -0.2) is 4.39 Å². The van der Waals surface area contributed by atoms with Crippen LogP contribution in [-0.2, 0) is 30.2 Å². The van der Waals surface area contributed by atoms with Gasteiger partial charge in [0.15, 0.2) is 0 Å². The summed E-state index contributed by atoms with van der Waals surface area (Å²) in [4.78, 5) is 36.0. The first kappa shape index (κ1) is 43.6. The van der Waals surface area contributed by atoms with Crippen molar-refractivity contribution in [2.45, 2.75) is 32.6 Å². The summed E-state index contributed by atoms with van der Waals surface area (Å²) in [7, 11) is 1.88. The number of rotatable bonds is 26. The summed E-state index contributed by atoms with van der Waals surface area (Å²) in [6, 6.07) is 13.4. The van der Waals surface area contributed by atoms with E-state index in [2.05, 4.69) is 48.5 Å². The molecule has 0 saturated heterocycles. The highest BCUT2D eigenvalue weighted by atomic mass is 19.1. The summed E-state index contributed by atoms with van der Waals surface area (Å²) in [6.07, 6.45) is 10.4. The van der Waals surface area contributed by atoms with E-state index in [9.17, 15) is 14.0 Å². The quantitative estimate of drug-likeness (QED) is 0.0566. The first-order valence-corrected chi connectivity index (χ1v) is 18.4. The highest BCUT2D eigenvalue weighted by Gasteiger charge is 2.09. The highest BCUT2D eigenvalue weighted by Crippen LogP contribution is 2.17. The van der Waals surface area contributed by atoms with Crippen molar-refractivity contribution in [1.29, 1.82) is 0 Å². The van der Waals surface area contributed by atoms with Crippen LogP contribution in [0.3, 0.4) is 0 Å². The van der Waals surface area contributed by atoms with Crippen molar-refractivity contribution in [2.75, 3.05) is 102 Å². The first-order valence-electron chi connectivity index (χ1n) is 18.4. The van der Waals surface area contributed by atoms with Crippen LogP contribution in [0.25, 0.3) is 0 Å². The number of carbonyl (C=O) groups is 2. The number of nitrogens with zero attached hydrogens (tertiary/aromatic N) is 3. The van der Waals surface area contributed by atoms with Crippen molar-refractivity contribution in [3.63, 3.8) is 0 Å². The molecule has 0 spiro atoms. The smallest absolute Gasteiger partial charge is 0.251 e. The number of aldehydes is 1. The Bertz CT molecular complexity index is 1540. The monoisotopic (exact) mass is 750 g/mol. The third kappa shape index (κ3) is 19.3. The van der Waals surface area contributed by atoms with E-state index in [-0.39, 0.29) is 11.7 Å². The average Bonchev–Trinajstić information content (AvgIpc) is 3.20. The molecule has 2 aromatic carbocycles. The van der Waals surface area contributed by atoms with Gasteiger partial charge in [-0.1, -0.05) is 37.3 Å². The predicted molar refractivity (Wildman–Crippen MR) is 209 cm³/mol. The second-order valence-corrected chi connectivity index (χ2v) is 11.8. The van der Waals surface area contributed by atoms with Crippen molar-refractivity contribution in [1.82, 2.24) is 25.6 Å². The maximum Gasteiger partial charge on any atom is 0.251 e. The van der Waals surface area contributed by atoms with Gasteiger partial charge < -0.3 is 45.5 Å². The molecule has 0 atom stereocenters. The van der Waals surface area contributed by atoms with Gasteiger partial charge in [-0.3, -0.25) is 9.59 Å². The number of amides is 1. The Labute approximate surface area is 317 Å². The lowest BCUT2D eigenvalue weighted by Crippen LogP contribution is -2.27. The zero-order valence-electron chi connectivity index (χ0n) is 31.4. The molecule has 3 aromatic rings. The van der Waals surface area contributed by atoms with Crippen LogP contribution in [0.15, 0.2) is 72.3 Å². The Morgan fingerprint density at radius 2 is 1.35 bits per heavy atom. The molecular weight excluding hydrogens is 695 g/mol. The van der Waals surface area contributed by atoms with Crippen molar-refractivity contribution < 1.29 is 32.9 Å². The van der Waals surface area contributed by atoms with Crippen LogP contribution >= 0.6 is 0 Å². The molecule has 0 bridgehead atoms. The maximum atomic E-state index is 13.3. The normalized spacial score (nSPS) is 11.9. The van der Waals surface area contributed by atoms with Gasteiger partial charge in [0.25, 0.3) is 5.91 Å². The third-order valence-electron chi connectivity index (χ3n) is 7.46. The summed E-state index contributed by atoms with van der Waals surface area (Å²) in [5.74, 6) is 0.594. The lowest BCUT2D eigenvalue weighted by molar-refractivity contribution is -0.104. The summed E-state index contributed by atoms with van der Waals surface area (Å²) in [5.41, 5.74) is 3.02. The minimum atomic E-state index is -0.270. The molecule has 294 valence electrons. The van der Waals surface area contributed by atoms with Crippen LogP contribution in [0.4, 0.5) is 27.9 Å². The van der Waals surface area contributed by atoms with Gasteiger partial charge in [0.05, 0.1) is 46.2 Å². The van der Waals surface area contributed by atoms with E-state index in [0.29, 0.717) is 101 Å². The van der Waals surface area contributed by atoms with Gasteiger partial charge in [0.2, 0.25) is 17.8 Å². The zero-order valence-corrected chi connectivity index (χ0v) is 31.4.